The molecule has 1 aromatic rings. The van der Waals surface area contributed by atoms with Gasteiger partial charge in [-0.1, -0.05) is 6.92 Å². The van der Waals surface area contributed by atoms with Gasteiger partial charge in [-0.2, -0.15) is 0 Å². The number of fused-ring (bicyclic) bond motifs is 1. The van der Waals surface area contributed by atoms with Gasteiger partial charge in [-0.15, -0.1) is 11.3 Å². The number of nitrogens with one attached hydrogen (secondary N) is 1. The molecule has 2 unspecified atom stereocenters. The Balaban J connectivity index is 2.19. The van der Waals surface area contributed by atoms with Crippen molar-refractivity contribution in [1.82, 2.24) is 5.32 Å². The van der Waals surface area contributed by atoms with Gasteiger partial charge in [0.1, 0.15) is 8.42 Å². The van der Waals surface area contributed by atoms with Gasteiger partial charge >= 0.3 is 0 Å². The highest BCUT2D eigenvalue weighted by Crippen LogP contribution is 2.43. The van der Waals surface area contributed by atoms with Crippen molar-refractivity contribution in [3.8, 4) is 0 Å². The van der Waals surface area contributed by atoms with Crippen molar-refractivity contribution >= 4 is 31.2 Å². The fourth-order valence-corrected chi connectivity index (χ4v) is 7.76. The molecule has 0 aliphatic carbocycles. The van der Waals surface area contributed by atoms with E-state index in [2.05, 4.69) is 5.32 Å². The lowest BCUT2D eigenvalue weighted by molar-refractivity contribution is 0.0685. The Hall–Kier alpha value is -0.560. The highest BCUT2D eigenvalue weighted by Gasteiger charge is 2.41. The molecular weight excluding hydrogens is 400 g/mol. The van der Waals surface area contributed by atoms with Gasteiger partial charge in [0.25, 0.3) is 0 Å². The molecule has 1 aliphatic rings. The maximum absolute atomic E-state index is 12.9. The quantitative estimate of drug-likeness (QED) is 0.535. The van der Waals surface area contributed by atoms with Gasteiger partial charge in [0.2, 0.25) is 10.0 Å². The fraction of sp³-hybridized carbons (Fsp3) is 0.733. The number of sulfone groups is 1. The third-order valence-corrected chi connectivity index (χ3v) is 9.62. The Bertz CT molecular complexity index is 803. The number of sulfonamides is 1. The van der Waals surface area contributed by atoms with Crippen molar-refractivity contribution in [1.29, 1.82) is 0 Å². The van der Waals surface area contributed by atoms with Crippen LogP contribution < -0.4 is 10.5 Å². The SMILES string of the molecule is CCNC1CC(CCCOCCOC)S(=O)(=O)c2sc(S(N)(=O)=O)cc21. The second-order valence-corrected chi connectivity index (χ2v) is 11.4. The van der Waals surface area contributed by atoms with Crippen LogP contribution in [0.3, 0.4) is 0 Å². The zero-order valence-electron chi connectivity index (χ0n) is 14.9. The second-order valence-electron chi connectivity index (χ2n) is 6.11. The Morgan fingerprint density at radius 2 is 2.08 bits per heavy atom. The average molecular weight is 427 g/mol. The molecule has 26 heavy (non-hydrogen) atoms. The van der Waals surface area contributed by atoms with Gasteiger partial charge < -0.3 is 14.8 Å². The molecule has 2 heterocycles. The molecule has 0 aromatic carbocycles. The summed E-state index contributed by atoms with van der Waals surface area (Å²) in [4.78, 5) is 0. The van der Waals surface area contributed by atoms with Gasteiger partial charge in [0, 0.05) is 25.3 Å². The highest BCUT2D eigenvalue weighted by molar-refractivity contribution is 7.95. The van der Waals surface area contributed by atoms with Gasteiger partial charge in [-0.25, -0.2) is 22.0 Å². The third-order valence-electron chi connectivity index (χ3n) is 4.25. The topological polar surface area (TPSA) is 125 Å². The van der Waals surface area contributed by atoms with Crippen molar-refractivity contribution in [2.24, 2.45) is 5.14 Å². The van der Waals surface area contributed by atoms with Crippen LogP contribution in [0.5, 0.6) is 0 Å². The molecule has 1 aromatic heterocycles. The van der Waals surface area contributed by atoms with E-state index in [1.165, 1.54) is 6.07 Å². The first kappa shape index (κ1) is 21.7. The van der Waals surface area contributed by atoms with E-state index in [1.54, 1.807) is 7.11 Å². The van der Waals surface area contributed by atoms with Gasteiger partial charge in [0.05, 0.1) is 18.5 Å². The lowest BCUT2D eigenvalue weighted by Gasteiger charge is -2.29. The zero-order valence-corrected chi connectivity index (χ0v) is 17.4. The van der Waals surface area contributed by atoms with E-state index < -0.39 is 25.1 Å². The average Bonchev–Trinajstić information content (AvgIpc) is 3.02. The summed E-state index contributed by atoms with van der Waals surface area (Å²) in [6.45, 7) is 4.01. The van der Waals surface area contributed by atoms with Crippen molar-refractivity contribution in [2.75, 3.05) is 33.5 Å². The minimum atomic E-state index is -3.94. The maximum atomic E-state index is 12.9. The van der Waals surface area contributed by atoms with Gasteiger partial charge in [0.15, 0.2) is 9.84 Å². The minimum absolute atomic E-state index is 0.113. The molecule has 3 N–H and O–H groups in total. The smallest absolute Gasteiger partial charge is 0.247 e. The number of ether oxygens (including phenoxy) is 2. The van der Waals surface area contributed by atoms with Gasteiger partial charge in [-0.3, -0.25) is 0 Å². The molecule has 2 atom stereocenters. The van der Waals surface area contributed by atoms with Crippen molar-refractivity contribution in [2.45, 2.75) is 45.9 Å². The summed E-state index contributed by atoms with van der Waals surface area (Å²) in [6.07, 6.45) is 1.47. The summed E-state index contributed by atoms with van der Waals surface area (Å²) < 4.78 is 59.5. The lowest BCUT2D eigenvalue weighted by atomic mass is 10.0. The predicted molar refractivity (Wildman–Crippen MR) is 99.6 cm³/mol. The number of methoxy groups -OCH3 is 1. The van der Waals surface area contributed by atoms with Crippen molar-refractivity contribution in [3.05, 3.63) is 11.6 Å². The van der Waals surface area contributed by atoms with Crippen LogP contribution in [-0.2, 0) is 29.3 Å². The van der Waals surface area contributed by atoms with Gasteiger partial charge in [-0.05, 0) is 31.9 Å². The Morgan fingerprint density at radius 3 is 2.69 bits per heavy atom. The first-order valence-electron chi connectivity index (χ1n) is 8.42. The predicted octanol–water partition coefficient (Wildman–Crippen LogP) is 1.04. The Kier molecular flexibility index (Phi) is 7.60. The summed E-state index contributed by atoms with van der Waals surface area (Å²) in [5, 5.41) is 7.87. The van der Waals surface area contributed by atoms with Crippen LogP contribution in [0.25, 0.3) is 0 Å². The first-order valence-corrected chi connectivity index (χ1v) is 12.3. The van der Waals surface area contributed by atoms with Crippen LogP contribution in [0.15, 0.2) is 14.5 Å². The maximum Gasteiger partial charge on any atom is 0.247 e. The summed E-state index contributed by atoms with van der Waals surface area (Å²) in [6, 6.07) is 1.19. The second kappa shape index (κ2) is 9.09. The summed E-state index contributed by atoms with van der Waals surface area (Å²) in [5.41, 5.74) is 0.508. The Morgan fingerprint density at radius 1 is 1.35 bits per heavy atom. The van der Waals surface area contributed by atoms with E-state index in [9.17, 15) is 16.8 Å². The van der Waals surface area contributed by atoms with Crippen molar-refractivity contribution in [3.63, 3.8) is 0 Å². The number of thiophene rings is 1. The largest absolute Gasteiger partial charge is 0.382 e. The molecule has 0 bridgehead atoms. The molecule has 0 radical (unpaired) electrons. The molecular formula is C15H26N2O6S3. The van der Waals surface area contributed by atoms with Crippen LogP contribution in [0.1, 0.15) is 37.8 Å². The number of hydrogen-bond acceptors (Lipinski definition) is 8. The molecule has 0 saturated heterocycles. The van der Waals surface area contributed by atoms with Crippen LogP contribution in [0.4, 0.5) is 0 Å². The molecule has 11 heteroatoms. The summed E-state index contributed by atoms with van der Waals surface area (Å²) in [7, 11) is -5.94. The van der Waals surface area contributed by atoms with Crippen LogP contribution in [0.2, 0.25) is 0 Å². The minimum Gasteiger partial charge on any atom is -0.382 e. The Labute approximate surface area is 159 Å². The van der Waals surface area contributed by atoms with E-state index in [4.69, 9.17) is 14.6 Å². The van der Waals surface area contributed by atoms with Crippen molar-refractivity contribution < 1.29 is 26.3 Å². The number of nitrogens with two attached hydrogens (primary N) is 1. The standard InChI is InChI=1S/C15H26N2O6S3/c1-3-17-13-9-11(5-4-6-23-8-7-22-2)25(18,19)15-12(13)10-14(24-15)26(16,20)21/h10-11,13,17H,3-9H2,1-2H3,(H2,16,20,21). The molecule has 2 rings (SSSR count). The lowest BCUT2D eigenvalue weighted by Crippen LogP contribution is -2.35. The summed E-state index contributed by atoms with van der Waals surface area (Å²) in [5.74, 6) is 0. The van der Waals surface area contributed by atoms with E-state index in [0.717, 1.165) is 11.3 Å². The normalized spacial score (nSPS) is 22.3. The van der Waals surface area contributed by atoms with Crippen LogP contribution in [0, 0.1) is 0 Å². The monoisotopic (exact) mass is 426 g/mol. The third kappa shape index (κ3) is 5.03. The number of primary sulfonamides is 1. The molecule has 0 spiro atoms. The van der Waals surface area contributed by atoms with Crippen LogP contribution in [-0.4, -0.2) is 55.6 Å². The first-order chi connectivity index (χ1) is 12.2. The zero-order chi connectivity index (χ0) is 19.4. The van der Waals surface area contributed by atoms with Crippen LogP contribution >= 0.6 is 11.3 Å². The van der Waals surface area contributed by atoms with E-state index in [1.807, 2.05) is 6.92 Å². The molecule has 0 amide bonds. The molecule has 0 fully saturated rings. The van der Waals surface area contributed by atoms with E-state index in [0.29, 0.717) is 51.2 Å². The highest BCUT2D eigenvalue weighted by atomic mass is 32.3. The molecule has 1 aliphatic heterocycles. The number of rotatable bonds is 10. The molecule has 0 saturated carbocycles. The van der Waals surface area contributed by atoms with E-state index >= 15 is 0 Å². The fourth-order valence-electron chi connectivity index (χ4n) is 3.01. The molecule has 150 valence electrons. The molecule has 8 nitrogen and oxygen atoms in total. The van der Waals surface area contributed by atoms with E-state index in [-0.39, 0.29) is 14.5 Å². The number of hydrogen-bond donors (Lipinski definition) is 2. The summed E-state index contributed by atoms with van der Waals surface area (Å²) >= 11 is 0.744.